The predicted octanol–water partition coefficient (Wildman–Crippen LogP) is 30.9. The third kappa shape index (κ3) is 13.0. The van der Waals surface area contributed by atoms with E-state index in [0.717, 1.165) is 34.1 Å². The summed E-state index contributed by atoms with van der Waals surface area (Å²) in [5, 5.41) is 4.81. The van der Waals surface area contributed by atoms with Crippen LogP contribution in [0.3, 0.4) is 0 Å². The van der Waals surface area contributed by atoms with Crippen molar-refractivity contribution in [2.45, 2.75) is 45.4 Å². The summed E-state index contributed by atoms with van der Waals surface area (Å²) in [5.41, 5.74) is 37.9. The highest BCUT2D eigenvalue weighted by molar-refractivity contribution is 6.10. The van der Waals surface area contributed by atoms with Gasteiger partial charge in [0, 0.05) is 44.4 Å². The summed E-state index contributed by atoms with van der Waals surface area (Å²) in [5.74, 6) is 0. The van der Waals surface area contributed by atoms with Gasteiger partial charge in [0.2, 0.25) is 0 Å². The highest BCUT2D eigenvalue weighted by Crippen LogP contribution is 2.55. The van der Waals surface area contributed by atoms with Crippen LogP contribution in [0.1, 0.15) is 55.5 Å². The molecule has 0 fully saturated rings. The molecule has 0 heterocycles. The normalized spacial score (nSPS) is 12.6. The molecule has 2 aliphatic rings. The standard InChI is InChI=1S/C56H43N.C55H41N/c1-38-23-25-43(26-24-38)51-37-52-45(34-50(51)42-19-11-6-12-20-42)33-44(40-17-9-5-10-18-40)35-55(52)57(46-29-27-41(28-30-46)39-15-7-4-8-16-39)47-31-32-49-48-21-13-14-22-53(48)56(2,3)54(49)36-47;1-55(2)52-24-13-12-21-48(52)49-34-29-43(36-53(49)55)47-22-14-23-50-51(47)35-44(40-19-10-5-11-20-40)37-54(50)56(45-30-25-41(26-31-45)38-15-6-3-7-16-38)46-32-27-42(28-33-46)39-17-8-4-9-18-39/h4-37H,1-3H3;3-37H,1-2H3. The molecule has 0 aromatic heterocycles. The zero-order valence-electron chi connectivity index (χ0n) is 64.2. The highest BCUT2D eigenvalue weighted by Gasteiger charge is 2.38. The van der Waals surface area contributed by atoms with Crippen LogP contribution in [0.25, 0.3) is 133 Å². The largest absolute Gasteiger partial charge is 0.310 e. The van der Waals surface area contributed by atoms with E-state index in [-0.39, 0.29) is 10.8 Å². The van der Waals surface area contributed by atoms with Gasteiger partial charge >= 0.3 is 0 Å². The van der Waals surface area contributed by atoms with Crippen LogP contribution in [-0.4, -0.2) is 0 Å². The topological polar surface area (TPSA) is 6.48 Å². The molecular weight excluding hydrogens is 1360 g/mol. The fourth-order valence-electron chi connectivity index (χ4n) is 17.7. The molecule has 538 valence electrons. The molecule has 0 atom stereocenters. The van der Waals surface area contributed by atoms with Crippen molar-refractivity contribution in [3.05, 3.63) is 446 Å². The van der Waals surface area contributed by atoms with Gasteiger partial charge in [-0.2, -0.15) is 0 Å². The number of hydrogen-bond acceptors (Lipinski definition) is 2. The van der Waals surface area contributed by atoms with Gasteiger partial charge in [-0.15, -0.1) is 0 Å². The molecule has 0 radical (unpaired) electrons. The number of hydrogen-bond donors (Lipinski definition) is 0. The van der Waals surface area contributed by atoms with Gasteiger partial charge in [0.1, 0.15) is 0 Å². The lowest BCUT2D eigenvalue weighted by Gasteiger charge is -2.30. The first kappa shape index (κ1) is 69.5. The maximum atomic E-state index is 2.49. The van der Waals surface area contributed by atoms with Gasteiger partial charge in [-0.3, -0.25) is 0 Å². The van der Waals surface area contributed by atoms with E-state index >= 15 is 0 Å². The van der Waals surface area contributed by atoms with Gasteiger partial charge in [0.25, 0.3) is 0 Å². The summed E-state index contributed by atoms with van der Waals surface area (Å²) in [6.07, 6.45) is 0. The molecule has 0 saturated carbocycles. The van der Waals surface area contributed by atoms with Gasteiger partial charge in [0.15, 0.2) is 0 Å². The Bertz CT molecular complexity index is 6450. The van der Waals surface area contributed by atoms with Crippen molar-refractivity contribution in [2.75, 3.05) is 9.80 Å². The predicted molar refractivity (Wildman–Crippen MR) is 481 cm³/mol. The van der Waals surface area contributed by atoms with Crippen molar-refractivity contribution in [1.82, 2.24) is 0 Å². The van der Waals surface area contributed by atoms with Crippen molar-refractivity contribution in [3.8, 4) is 111 Å². The average Bonchev–Trinajstić information content (AvgIpc) is 1.68. The lowest BCUT2D eigenvalue weighted by molar-refractivity contribution is 0.660. The van der Waals surface area contributed by atoms with Crippen LogP contribution in [0, 0.1) is 6.92 Å². The van der Waals surface area contributed by atoms with Gasteiger partial charge in [-0.05, 0) is 242 Å². The van der Waals surface area contributed by atoms with Crippen LogP contribution in [0.5, 0.6) is 0 Å². The number of benzene rings is 18. The number of aryl methyl sites for hydroxylation is 1. The SMILES string of the molecule is CC1(C)c2ccccc2-c2ccc(-c3cccc4c(N(c5ccc(-c6ccccc6)cc5)c5ccc(-c6ccccc6)cc5)cc(-c5ccccc5)cc34)cc21.Cc1ccc(-c2cc3c(N(c4ccc(-c5ccccc5)cc4)c4ccc5c(c4)C(C)(C)c4ccccc4-5)cc(-c4ccccc4)cc3cc2-c2ccccc2)cc1. The molecule has 0 N–H and O–H groups in total. The molecule has 2 aliphatic carbocycles. The van der Waals surface area contributed by atoms with E-state index in [1.54, 1.807) is 0 Å². The van der Waals surface area contributed by atoms with E-state index in [2.05, 4.69) is 463 Å². The number of nitrogens with zero attached hydrogens (tertiary/aromatic N) is 2. The van der Waals surface area contributed by atoms with Crippen molar-refractivity contribution < 1.29 is 0 Å². The van der Waals surface area contributed by atoms with Crippen LogP contribution in [0.15, 0.2) is 419 Å². The summed E-state index contributed by atoms with van der Waals surface area (Å²) >= 11 is 0. The molecule has 18 aromatic rings. The lowest BCUT2D eigenvalue weighted by Crippen LogP contribution is -2.16. The van der Waals surface area contributed by atoms with E-state index in [0.29, 0.717) is 0 Å². The van der Waals surface area contributed by atoms with Crippen LogP contribution < -0.4 is 9.80 Å². The number of anilines is 6. The number of fused-ring (bicyclic) bond motifs is 8. The minimum absolute atomic E-state index is 0.0818. The second kappa shape index (κ2) is 29.1. The minimum atomic E-state index is -0.137. The maximum absolute atomic E-state index is 2.49. The summed E-state index contributed by atoms with van der Waals surface area (Å²) in [7, 11) is 0. The minimum Gasteiger partial charge on any atom is -0.310 e. The summed E-state index contributed by atoms with van der Waals surface area (Å²) < 4.78 is 0. The molecule has 0 amide bonds. The molecule has 0 unspecified atom stereocenters. The lowest BCUT2D eigenvalue weighted by atomic mass is 9.81. The summed E-state index contributed by atoms with van der Waals surface area (Å²) in [6, 6.07) is 154. The first-order chi connectivity index (χ1) is 55.4. The van der Waals surface area contributed by atoms with Crippen LogP contribution >= 0.6 is 0 Å². The Morgan fingerprint density at radius 2 is 0.504 bits per heavy atom. The second-order valence-electron chi connectivity index (χ2n) is 31.2. The quantitative estimate of drug-likeness (QED) is 0.107. The zero-order chi connectivity index (χ0) is 76.2. The Labute approximate surface area is 664 Å². The van der Waals surface area contributed by atoms with Gasteiger partial charge in [-0.1, -0.05) is 361 Å². The van der Waals surface area contributed by atoms with Crippen LogP contribution in [-0.2, 0) is 10.8 Å². The van der Waals surface area contributed by atoms with Gasteiger partial charge in [0.05, 0.1) is 11.4 Å². The Balaban J connectivity index is 0.000000152. The average molecular weight is 1450 g/mol. The van der Waals surface area contributed by atoms with Gasteiger partial charge < -0.3 is 9.80 Å². The molecule has 20 rings (SSSR count). The van der Waals surface area contributed by atoms with Gasteiger partial charge in [-0.25, -0.2) is 0 Å². The first-order valence-electron chi connectivity index (χ1n) is 39.4. The molecule has 113 heavy (non-hydrogen) atoms. The molecule has 0 spiro atoms. The molecular formula is C111H84N2. The van der Waals surface area contributed by atoms with E-state index in [9.17, 15) is 0 Å². The Morgan fingerprint density at radius 1 is 0.177 bits per heavy atom. The zero-order valence-corrected chi connectivity index (χ0v) is 64.2. The van der Waals surface area contributed by atoms with E-state index in [1.807, 2.05) is 0 Å². The maximum Gasteiger partial charge on any atom is 0.0546 e. The Kier molecular flexibility index (Phi) is 17.9. The fraction of sp³-hybridized carbons (Fsp3) is 0.0631. The van der Waals surface area contributed by atoms with Crippen molar-refractivity contribution in [2.24, 2.45) is 0 Å². The molecule has 0 aliphatic heterocycles. The molecule has 0 bridgehead atoms. The van der Waals surface area contributed by atoms with Crippen molar-refractivity contribution in [1.29, 1.82) is 0 Å². The Morgan fingerprint density at radius 3 is 0.982 bits per heavy atom. The Hall–Kier alpha value is -13.9. The van der Waals surface area contributed by atoms with Crippen LogP contribution in [0.4, 0.5) is 34.1 Å². The molecule has 2 nitrogen and oxygen atoms in total. The van der Waals surface area contributed by atoms with Crippen LogP contribution in [0.2, 0.25) is 0 Å². The molecule has 0 saturated heterocycles. The summed E-state index contributed by atoms with van der Waals surface area (Å²) in [6.45, 7) is 11.6. The van der Waals surface area contributed by atoms with E-state index in [1.165, 1.54) is 161 Å². The molecule has 2 heteroatoms. The highest BCUT2D eigenvalue weighted by atomic mass is 15.1. The van der Waals surface area contributed by atoms with E-state index in [4.69, 9.17) is 0 Å². The third-order valence-electron chi connectivity index (χ3n) is 23.6. The molecule has 18 aromatic carbocycles. The van der Waals surface area contributed by atoms with E-state index < -0.39 is 0 Å². The first-order valence-corrected chi connectivity index (χ1v) is 39.4. The number of rotatable bonds is 14. The van der Waals surface area contributed by atoms with Crippen molar-refractivity contribution >= 4 is 55.7 Å². The van der Waals surface area contributed by atoms with Crippen molar-refractivity contribution in [3.63, 3.8) is 0 Å². The third-order valence-corrected chi connectivity index (χ3v) is 23.6. The summed E-state index contributed by atoms with van der Waals surface area (Å²) in [4.78, 5) is 4.93. The second-order valence-corrected chi connectivity index (χ2v) is 31.2. The monoisotopic (exact) mass is 1440 g/mol. The smallest absolute Gasteiger partial charge is 0.0546 e. The fourth-order valence-corrected chi connectivity index (χ4v) is 17.7.